The second-order valence-corrected chi connectivity index (χ2v) is 2.47. The van der Waals surface area contributed by atoms with Gasteiger partial charge in [0.2, 0.25) is 0 Å². The van der Waals surface area contributed by atoms with Gasteiger partial charge in [0, 0.05) is 11.4 Å². The Kier molecular flexibility index (Phi) is 1.48. The van der Waals surface area contributed by atoms with Gasteiger partial charge in [-0.05, 0) is 24.3 Å². The molecule has 0 fully saturated rings. The van der Waals surface area contributed by atoms with E-state index in [1.165, 1.54) is 5.70 Å². The molecule has 0 heterocycles. The topological polar surface area (TPSA) is 12.0 Å². The Morgan fingerprint density at radius 3 is 2.27 bits per heavy atom. The summed E-state index contributed by atoms with van der Waals surface area (Å²) in [6.07, 6.45) is 6.12. The Hall–Kier alpha value is -1.50. The summed E-state index contributed by atoms with van der Waals surface area (Å²) in [5, 5.41) is 3.25. The molecule has 0 unspecified atom stereocenters. The fraction of sp³-hybridized carbons (Fsp3) is 0. The zero-order valence-electron chi connectivity index (χ0n) is 6.12. The van der Waals surface area contributed by atoms with E-state index in [2.05, 4.69) is 5.32 Å². The van der Waals surface area contributed by atoms with E-state index in [1.807, 2.05) is 48.6 Å². The molecule has 0 aliphatic heterocycles. The third kappa shape index (κ3) is 1.32. The number of allylic oxidation sites excluding steroid dienone is 3. The van der Waals surface area contributed by atoms with E-state index in [0.717, 1.165) is 5.69 Å². The summed E-state index contributed by atoms with van der Waals surface area (Å²) in [4.78, 5) is 0. The molecule has 0 atom stereocenters. The lowest BCUT2D eigenvalue weighted by Gasteiger charge is -2.09. The Labute approximate surface area is 66.1 Å². The minimum absolute atomic E-state index is 1.14. The van der Waals surface area contributed by atoms with Crippen molar-refractivity contribution in [1.29, 1.82) is 0 Å². The van der Waals surface area contributed by atoms with Crippen molar-refractivity contribution in [1.82, 2.24) is 0 Å². The molecule has 0 radical (unpaired) electrons. The first-order valence-electron chi connectivity index (χ1n) is 3.65. The second-order valence-electron chi connectivity index (χ2n) is 2.47. The van der Waals surface area contributed by atoms with Crippen LogP contribution in [0, 0.1) is 0 Å². The molecule has 1 aliphatic carbocycles. The first-order valence-corrected chi connectivity index (χ1v) is 3.65. The van der Waals surface area contributed by atoms with Crippen molar-refractivity contribution in [3.05, 3.63) is 54.3 Å². The minimum atomic E-state index is 1.14. The summed E-state index contributed by atoms with van der Waals surface area (Å²) in [5.74, 6) is 0. The van der Waals surface area contributed by atoms with Crippen LogP contribution < -0.4 is 5.32 Å². The molecule has 1 aliphatic rings. The first kappa shape index (κ1) is 6.23. The van der Waals surface area contributed by atoms with Crippen molar-refractivity contribution in [2.24, 2.45) is 0 Å². The highest BCUT2D eigenvalue weighted by atomic mass is 14.9. The maximum absolute atomic E-state index is 3.25. The average Bonchev–Trinajstić information content (AvgIpc) is 1.99. The van der Waals surface area contributed by atoms with Crippen LogP contribution >= 0.6 is 0 Å². The summed E-state index contributed by atoms with van der Waals surface area (Å²) >= 11 is 0. The van der Waals surface area contributed by atoms with Crippen molar-refractivity contribution in [3.8, 4) is 0 Å². The van der Waals surface area contributed by atoms with E-state index in [-0.39, 0.29) is 0 Å². The predicted octanol–water partition coefficient (Wildman–Crippen LogP) is 2.55. The molecule has 0 spiro atoms. The van der Waals surface area contributed by atoms with Crippen molar-refractivity contribution < 1.29 is 0 Å². The summed E-state index contributed by atoms with van der Waals surface area (Å²) in [5.41, 5.74) is 2.32. The number of nitrogens with one attached hydrogen (secondary N) is 1. The average molecular weight is 143 g/mol. The van der Waals surface area contributed by atoms with Crippen molar-refractivity contribution >= 4 is 5.69 Å². The number of hydrogen-bond donors (Lipinski definition) is 1. The number of rotatable bonds is 2. The molecular formula is C10H9N. The van der Waals surface area contributed by atoms with E-state index >= 15 is 0 Å². The van der Waals surface area contributed by atoms with Gasteiger partial charge in [0.15, 0.2) is 0 Å². The standard InChI is InChI=1S/C10H9N/c1-2-5-9(6-3-1)11-10-7-4-8-10/h1-8,11H. The smallest absolute Gasteiger partial charge is 0.0384 e. The van der Waals surface area contributed by atoms with Crippen LogP contribution in [-0.4, -0.2) is 0 Å². The van der Waals surface area contributed by atoms with E-state index in [1.54, 1.807) is 0 Å². The quantitative estimate of drug-likeness (QED) is 0.670. The van der Waals surface area contributed by atoms with Gasteiger partial charge in [0.1, 0.15) is 0 Å². The fourth-order valence-electron chi connectivity index (χ4n) is 0.964. The molecule has 0 aromatic heterocycles. The molecule has 0 amide bonds. The molecule has 0 saturated heterocycles. The van der Waals surface area contributed by atoms with Gasteiger partial charge < -0.3 is 5.32 Å². The number of benzene rings is 1. The summed E-state index contributed by atoms with van der Waals surface area (Å²) in [7, 11) is 0. The van der Waals surface area contributed by atoms with Crippen LogP contribution in [0.25, 0.3) is 0 Å². The lowest BCUT2D eigenvalue weighted by atomic mass is 10.2. The third-order valence-electron chi connectivity index (χ3n) is 1.61. The van der Waals surface area contributed by atoms with E-state index < -0.39 is 0 Å². The van der Waals surface area contributed by atoms with Crippen LogP contribution in [0.1, 0.15) is 0 Å². The van der Waals surface area contributed by atoms with Crippen LogP contribution in [0.3, 0.4) is 0 Å². The lowest BCUT2D eigenvalue weighted by Crippen LogP contribution is -1.99. The molecule has 1 N–H and O–H groups in total. The number of hydrogen-bond acceptors (Lipinski definition) is 1. The van der Waals surface area contributed by atoms with Gasteiger partial charge in [-0.3, -0.25) is 0 Å². The second kappa shape index (κ2) is 2.62. The van der Waals surface area contributed by atoms with Crippen molar-refractivity contribution in [2.45, 2.75) is 0 Å². The van der Waals surface area contributed by atoms with Gasteiger partial charge in [0.05, 0.1) is 0 Å². The minimum Gasteiger partial charge on any atom is -0.356 e. The van der Waals surface area contributed by atoms with Crippen LogP contribution in [0.4, 0.5) is 5.69 Å². The van der Waals surface area contributed by atoms with Gasteiger partial charge in [0.25, 0.3) is 0 Å². The molecule has 0 bridgehead atoms. The van der Waals surface area contributed by atoms with Crippen molar-refractivity contribution in [2.75, 3.05) is 5.32 Å². The van der Waals surface area contributed by atoms with Crippen LogP contribution in [0.2, 0.25) is 0 Å². The maximum atomic E-state index is 3.25. The zero-order valence-corrected chi connectivity index (χ0v) is 6.12. The molecule has 1 aromatic rings. The van der Waals surface area contributed by atoms with Gasteiger partial charge in [-0.1, -0.05) is 24.3 Å². The van der Waals surface area contributed by atoms with Gasteiger partial charge in [-0.25, -0.2) is 0 Å². The van der Waals surface area contributed by atoms with Crippen LogP contribution in [0.5, 0.6) is 0 Å². The molecule has 2 rings (SSSR count). The molecule has 11 heavy (non-hydrogen) atoms. The Balaban J connectivity index is 2.07. The number of anilines is 1. The molecular weight excluding hydrogens is 134 g/mol. The molecule has 1 aromatic carbocycles. The molecule has 1 heteroatoms. The van der Waals surface area contributed by atoms with Gasteiger partial charge in [-0.15, -0.1) is 0 Å². The SMILES string of the molecule is C1=CC(Nc2ccccc2)=C1. The normalized spacial score (nSPS) is 13.6. The van der Waals surface area contributed by atoms with Crippen LogP contribution in [0.15, 0.2) is 54.3 Å². The van der Waals surface area contributed by atoms with Crippen LogP contribution in [-0.2, 0) is 0 Å². The third-order valence-corrected chi connectivity index (χ3v) is 1.61. The lowest BCUT2D eigenvalue weighted by molar-refractivity contribution is 1.43. The Morgan fingerprint density at radius 1 is 1.00 bits per heavy atom. The number of para-hydroxylation sites is 1. The van der Waals surface area contributed by atoms with Gasteiger partial charge in [-0.2, -0.15) is 0 Å². The maximum Gasteiger partial charge on any atom is 0.0384 e. The molecule has 1 nitrogen and oxygen atoms in total. The Bertz CT molecular complexity index is 296. The largest absolute Gasteiger partial charge is 0.356 e. The molecule has 54 valence electrons. The highest BCUT2D eigenvalue weighted by Crippen LogP contribution is 2.13. The summed E-state index contributed by atoms with van der Waals surface area (Å²) in [6, 6.07) is 10.1. The summed E-state index contributed by atoms with van der Waals surface area (Å²) < 4.78 is 0. The highest BCUT2D eigenvalue weighted by Gasteiger charge is 1.96. The van der Waals surface area contributed by atoms with E-state index in [0.29, 0.717) is 0 Å². The van der Waals surface area contributed by atoms with E-state index in [9.17, 15) is 0 Å². The predicted molar refractivity (Wildman–Crippen MR) is 47.3 cm³/mol. The van der Waals surface area contributed by atoms with Gasteiger partial charge >= 0.3 is 0 Å². The Morgan fingerprint density at radius 2 is 1.73 bits per heavy atom. The highest BCUT2D eigenvalue weighted by molar-refractivity contribution is 5.54. The van der Waals surface area contributed by atoms with Crippen molar-refractivity contribution in [3.63, 3.8) is 0 Å². The van der Waals surface area contributed by atoms with E-state index in [4.69, 9.17) is 0 Å². The summed E-state index contributed by atoms with van der Waals surface area (Å²) in [6.45, 7) is 0. The zero-order chi connectivity index (χ0) is 7.52. The fourth-order valence-corrected chi connectivity index (χ4v) is 0.964. The first-order chi connectivity index (χ1) is 5.45. The molecule has 0 saturated carbocycles. The monoisotopic (exact) mass is 143 g/mol.